The smallest absolute Gasteiger partial charge is 0.131 e. The number of aliphatic hydroxyl groups is 1. The zero-order valence-electron chi connectivity index (χ0n) is 21.6. The topological polar surface area (TPSA) is 33.1 Å². The molecule has 1 aromatic heterocycles. The summed E-state index contributed by atoms with van der Waals surface area (Å²) >= 11 is 0. The molecule has 0 saturated carbocycles. The lowest BCUT2D eigenvalue weighted by molar-refractivity contribution is -0.985. The molecule has 0 aliphatic carbocycles. The summed E-state index contributed by atoms with van der Waals surface area (Å²) < 4.78 is 0.977. The van der Waals surface area contributed by atoms with Gasteiger partial charge in [0.25, 0.3) is 0 Å². The number of piperidine rings is 3. The van der Waals surface area contributed by atoms with Crippen molar-refractivity contribution in [1.29, 1.82) is 0 Å². The fourth-order valence-electron chi connectivity index (χ4n) is 7.84. The van der Waals surface area contributed by atoms with Crippen molar-refractivity contribution >= 4 is 32.4 Å². The largest absolute Gasteiger partial charge is 0.382 e. The summed E-state index contributed by atoms with van der Waals surface area (Å²) in [6.07, 6.45) is 4.95. The Labute approximate surface area is 219 Å². The molecule has 4 heterocycles. The van der Waals surface area contributed by atoms with Crippen molar-refractivity contribution in [3.8, 4) is 0 Å². The van der Waals surface area contributed by atoms with E-state index in [2.05, 4.69) is 90.8 Å². The van der Waals surface area contributed by atoms with Gasteiger partial charge in [-0.05, 0) is 57.6 Å². The second kappa shape index (κ2) is 8.93. The maximum Gasteiger partial charge on any atom is 0.131 e. The molecule has 0 spiro atoms. The zero-order chi connectivity index (χ0) is 25.0. The molecule has 0 radical (unpaired) electrons. The van der Waals surface area contributed by atoms with Gasteiger partial charge >= 0.3 is 0 Å². The van der Waals surface area contributed by atoms with Crippen LogP contribution in [0.4, 0.5) is 0 Å². The van der Waals surface area contributed by atoms with Crippen molar-refractivity contribution in [2.75, 3.05) is 13.1 Å². The molecule has 5 aromatic rings. The summed E-state index contributed by atoms with van der Waals surface area (Å²) in [6, 6.07) is 30.6. The third kappa shape index (κ3) is 3.67. The molecule has 3 aliphatic rings. The Morgan fingerprint density at radius 2 is 1.57 bits per heavy atom. The SMILES string of the molecule is CC[C@H]1C[N@+]2(Cc3c4ccccc4cc4ccccc34)CC[C@H]1C[C@H]2[C@H](O)c1ccnc2ccccc12. The van der Waals surface area contributed by atoms with Crippen LogP contribution in [0.15, 0.2) is 91.1 Å². The predicted molar refractivity (Wildman–Crippen MR) is 152 cm³/mol. The lowest BCUT2D eigenvalue weighted by Gasteiger charge is -2.58. The van der Waals surface area contributed by atoms with Gasteiger partial charge in [-0.15, -0.1) is 0 Å². The van der Waals surface area contributed by atoms with E-state index < -0.39 is 6.10 Å². The third-order valence-electron chi connectivity index (χ3n) is 9.70. The molecule has 3 heteroatoms. The molecule has 5 atom stereocenters. The number of nitrogens with zero attached hydrogens (tertiary/aromatic N) is 2. The van der Waals surface area contributed by atoms with Gasteiger partial charge in [0.2, 0.25) is 0 Å². The van der Waals surface area contributed by atoms with Crippen LogP contribution in [0.5, 0.6) is 0 Å². The van der Waals surface area contributed by atoms with E-state index in [0.29, 0.717) is 5.92 Å². The van der Waals surface area contributed by atoms with E-state index in [4.69, 9.17) is 0 Å². The van der Waals surface area contributed by atoms with E-state index >= 15 is 0 Å². The second-order valence-corrected chi connectivity index (χ2v) is 11.5. The Bertz CT molecular complexity index is 1550. The summed E-state index contributed by atoms with van der Waals surface area (Å²) in [5.74, 6) is 1.44. The number of rotatable bonds is 5. The van der Waals surface area contributed by atoms with Crippen LogP contribution in [0.3, 0.4) is 0 Å². The fourth-order valence-corrected chi connectivity index (χ4v) is 7.84. The highest BCUT2D eigenvalue weighted by Crippen LogP contribution is 2.49. The van der Waals surface area contributed by atoms with Gasteiger partial charge in [-0.3, -0.25) is 4.98 Å². The minimum Gasteiger partial charge on any atom is -0.382 e. The summed E-state index contributed by atoms with van der Waals surface area (Å²) in [5.41, 5.74) is 3.45. The molecule has 0 amide bonds. The number of aromatic nitrogens is 1. The van der Waals surface area contributed by atoms with Crippen LogP contribution in [0, 0.1) is 11.8 Å². The standard InChI is InChI=1S/C34H35N2O/c1-2-23-21-36(22-31-27-11-5-3-9-25(27)19-26-10-4-6-12-28(26)31)18-16-24(23)20-33(36)34(37)30-15-17-35-32-14-8-7-13-29(30)32/h3-15,17,19,23-24,33-34,37H,2,16,18,20-22H2,1H3/q+1/t23-,24-,33-,34+,36-/m0/s1. The van der Waals surface area contributed by atoms with Gasteiger partial charge in [0, 0.05) is 35.9 Å². The first-order valence-corrected chi connectivity index (χ1v) is 13.9. The van der Waals surface area contributed by atoms with Crippen molar-refractivity contribution < 1.29 is 9.59 Å². The van der Waals surface area contributed by atoms with Crippen molar-refractivity contribution in [3.05, 3.63) is 102 Å². The number of hydrogen-bond donors (Lipinski definition) is 1. The Morgan fingerprint density at radius 3 is 2.30 bits per heavy atom. The molecule has 3 nitrogen and oxygen atoms in total. The van der Waals surface area contributed by atoms with Gasteiger partial charge < -0.3 is 9.59 Å². The summed E-state index contributed by atoms with van der Waals surface area (Å²) in [7, 11) is 0. The number of aliphatic hydroxyl groups excluding tert-OH is 1. The van der Waals surface area contributed by atoms with Crippen LogP contribution in [0.1, 0.15) is 43.4 Å². The molecule has 4 aromatic carbocycles. The van der Waals surface area contributed by atoms with Gasteiger partial charge in [0.15, 0.2) is 0 Å². The number of hydrogen-bond acceptors (Lipinski definition) is 2. The van der Waals surface area contributed by atoms with Crippen molar-refractivity contribution in [3.63, 3.8) is 0 Å². The monoisotopic (exact) mass is 487 g/mol. The molecule has 3 fully saturated rings. The van der Waals surface area contributed by atoms with E-state index in [1.807, 2.05) is 12.3 Å². The maximum absolute atomic E-state index is 12.2. The van der Waals surface area contributed by atoms with Gasteiger partial charge in [0.1, 0.15) is 18.7 Å². The van der Waals surface area contributed by atoms with E-state index in [9.17, 15) is 5.11 Å². The molecule has 8 rings (SSSR count). The molecule has 3 saturated heterocycles. The van der Waals surface area contributed by atoms with E-state index in [1.165, 1.54) is 39.9 Å². The van der Waals surface area contributed by atoms with Crippen LogP contribution in [-0.2, 0) is 6.54 Å². The fraction of sp³-hybridized carbons (Fsp3) is 0.324. The minimum atomic E-state index is -0.505. The molecule has 37 heavy (non-hydrogen) atoms. The van der Waals surface area contributed by atoms with Crippen LogP contribution in [0.2, 0.25) is 0 Å². The number of fused-ring (bicyclic) bond motifs is 6. The van der Waals surface area contributed by atoms with E-state index in [0.717, 1.165) is 52.9 Å². The first kappa shape index (κ1) is 22.9. The highest BCUT2D eigenvalue weighted by molar-refractivity contribution is 6.02. The number of benzene rings is 4. The average molecular weight is 488 g/mol. The minimum absolute atomic E-state index is 0.185. The predicted octanol–water partition coefficient (Wildman–Crippen LogP) is 7.41. The lowest BCUT2D eigenvalue weighted by atomic mass is 9.70. The Morgan fingerprint density at radius 1 is 0.892 bits per heavy atom. The molecule has 3 aliphatic heterocycles. The highest BCUT2D eigenvalue weighted by Gasteiger charge is 2.54. The second-order valence-electron chi connectivity index (χ2n) is 11.5. The summed E-state index contributed by atoms with van der Waals surface area (Å²) in [5, 5.41) is 18.6. The highest BCUT2D eigenvalue weighted by atomic mass is 16.3. The van der Waals surface area contributed by atoms with Crippen LogP contribution >= 0.6 is 0 Å². The summed E-state index contributed by atoms with van der Waals surface area (Å²) in [4.78, 5) is 4.58. The van der Waals surface area contributed by atoms with E-state index in [1.54, 1.807) is 0 Å². The Kier molecular flexibility index (Phi) is 5.53. The summed E-state index contributed by atoms with van der Waals surface area (Å²) in [6.45, 7) is 5.63. The maximum atomic E-state index is 12.2. The quantitative estimate of drug-likeness (QED) is 0.207. The third-order valence-corrected chi connectivity index (χ3v) is 9.70. The van der Waals surface area contributed by atoms with Crippen molar-refractivity contribution in [2.24, 2.45) is 11.8 Å². The number of pyridine rings is 1. The van der Waals surface area contributed by atoms with Crippen molar-refractivity contribution in [2.45, 2.75) is 44.9 Å². The van der Waals surface area contributed by atoms with Crippen molar-refractivity contribution in [1.82, 2.24) is 4.98 Å². The Balaban J connectivity index is 1.39. The Hall–Kier alpha value is -3.27. The molecular weight excluding hydrogens is 452 g/mol. The molecule has 186 valence electrons. The molecular formula is C34H35N2O+. The lowest BCUT2D eigenvalue weighted by Crippen LogP contribution is -2.67. The molecule has 1 N–H and O–H groups in total. The average Bonchev–Trinajstić information content (AvgIpc) is 2.96. The first-order valence-electron chi connectivity index (χ1n) is 13.9. The normalized spacial score (nSPS) is 26.2. The van der Waals surface area contributed by atoms with E-state index in [-0.39, 0.29) is 6.04 Å². The van der Waals surface area contributed by atoms with Gasteiger partial charge in [-0.25, -0.2) is 0 Å². The van der Waals surface area contributed by atoms with Crippen LogP contribution in [0.25, 0.3) is 32.4 Å². The first-order chi connectivity index (χ1) is 18.2. The molecule has 0 unspecified atom stereocenters. The number of para-hydroxylation sites is 1. The van der Waals surface area contributed by atoms with Gasteiger partial charge in [-0.1, -0.05) is 73.7 Å². The van der Waals surface area contributed by atoms with Crippen LogP contribution < -0.4 is 0 Å². The molecule has 2 bridgehead atoms. The zero-order valence-corrected chi connectivity index (χ0v) is 21.6. The van der Waals surface area contributed by atoms with Crippen LogP contribution in [-0.4, -0.2) is 33.7 Å². The van der Waals surface area contributed by atoms with Gasteiger partial charge in [0.05, 0.1) is 18.6 Å². The van der Waals surface area contributed by atoms with Gasteiger partial charge in [-0.2, -0.15) is 0 Å². The number of quaternary nitrogens is 1.